The van der Waals surface area contributed by atoms with Crippen LogP contribution in [0.5, 0.6) is 0 Å². The van der Waals surface area contributed by atoms with Crippen molar-refractivity contribution in [1.29, 1.82) is 0 Å². The molecule has 0 aromatic heterocycles. The third-order valence-electron chi connectivity index (χ3n) is 3.28. The minimum atomic E-state index is -4.40. The van der Waals surface area contributed by atoms with Gasteiger partial charge in [-0.1, -0.05) is 43.0 Å². The van der Waals surface area contributed by atoms with Crippen molar-refractivity contribution in [2.24, 2.45) is 0 Å². The van der Waals surface area contributed by atoms with Crippen LogP contribution >= 0.6 is 0 Å². The zero-order valence-electron chi connectivity index (χ0n) is 13.3. The summed E-state index contributed by atoms with van der Waals surface area (Å²) < 4.78 is 51.4. The van der Waals surface area contributed by atoms with Crippen LogP contribution in [-0.2, 0) is 20.0 Å². The number of benzene rings is 2. The number of anilines is 2. The monoisotopic (exact) mass is 366 g/mol. The van der Waals surface area contributed by atoms with Gasteiger partial charge < -0.3 is 0 Å². The van der Waals surface area contributed by atoms with Gasteiger partial charge >= 0.3 is 0 Å². The van der Waals surface area contributed by atoms with Gasteiger partial charge in [-0.05, 0) is 24.3 Å². The Morgan fingerprint density at radius 1 is 0.750 bits per heavy atom. The number of rotatable bonds is 6. The molecule has 0 atom stereocenters. The van der Waals surface area contributed by atoms with Gasteiger partial charge in [0.05, 0.1) is 11.4 Å². The van der Waals surface area contributed by atoms with Gasteiger partial charge in [0.15, 0.2) is 4.24 Å². The molecule has 0 N–H and O–H groups in total. The van der Waals surface area contributed by atoms with Crippen molar-refractivity contribution in [3.05, 3.63) is 71.5 Å². The first-order valence-electron chi connectivity index (χ1n) is 6.96. The molecule has 6 nitrogen and oxygen atoms in total. The fourth-order valence-corrected chi connectivity index (χ4v) is 5.14. The van der Waals surface area contributed by atoms with Crippen LogP contribution in [0, 0.1) is 0 Å². The average molecular weight is 366 g/mol. The number of nitrogens with zero attached hydrogens (tertiary/aromatic N) is 2. The zero-order chi connectivity index (χ0) is 18.0. The van der Waals surface area contributed by atoms with Crippen LogP contribution in [-0.4, -0.2) is 35.2 Å². The summed E-state index contributed by atoms with van der Waals surface area (Å²) in [5.74, 6) is 0. The Balaban J connectivity index is 2.66. The molecule has 0 amide bonds. The largest absolute Gasteiger partial charge is 0.280 e. The number of sulfonamides is 2. The molecule has 0 aliphatic rings. The van der Waals surface area contributed by atoms with Gasteiger partial charge in [-0.2, -0.15) is 8.42 Å². The first kappa shape index (κ1) is 18.2. The Labute approximate surface area is 142 Å². The summed E-state index contributed by atoms with van der Waals surface area (Å²) in [5, 5.41) is 0. The lowest BCUT2D eigenvalue weighted by Crippen LogP contribution is -2.34. The van der Waals surface area contributed by atoms with Crippen LogP contribution in [0.15, 0.2) is 71.5 Å². The summed E-state index contributed by atoms with van der Waals surface area (Å²) in [6.45, 7) is 3.33. The summed E-state index contributed by atoms with van der Waals surface area (Å²) in [4.78, 5) is 0. The highest BCUT2D eigenvalue weighted by atomic mass is 32.3. The van der Waals surface area contributed by atoms with Crippen molar-refractivity contribution in [3.63, 3.8) is 0 Å². The second kappa shape index (κ2) is 6.76. The molecule has 0 spiro atoms. The van der Waals surface area contributed by atoms with E-state index >= 15 is 0 Å². The number of hydrogen-bond donors (Lipinski definition) is 0. The molecule has 0 bridgehead atoms. The molecule has 0 fully saturated rings. The van der Waals surface area contributed by atoms with Gasteiger partial charge in [0, 0.05) is 14.1 Å². The van der Waals surface area contributed by atoms with E-state index in [1.54, 1.807) is 60.7 Å². The molecule has 0 unspecified atom stereocenters. The van der Waals surface area contributed by atoms with E-state index in [0.29, 0.717) is 11.4 Å². The molecule has 8 heteroatoms. The van der Waals surface area contributed by atoms with Gasteiger partial charge in [-0.3, -0.25) is 0 Å². The van der Waals surface area contributed by atoms with Crippen LogP contribution in [0.4, 0.5) is 11.4 Å². The summed E-state index contributed by atoms with van der Waals surface area (Å²) in [6.07, 6.45) is 0. The van der Waals surface area contributed by atoms with Crippen LogP contribution in [0.25, 0.3) is 0 Å². The first-order valence-corrected chi connectivity index (χ1v) is 9.84. The third kappa shape index (κ3) is 3.35. The lowest BCUT2D eigenvalue weighted by molar-refractivity contribution is 0.529. The summed E-state index contributed by atoms with van der Waals surface area (Å²) in [7, 11) is -6.08. The van der Waals surface area contributed by atoms with Crippen molar-refractivity contribution in [1.82, 2.24) is 4.31 Å². The summed E-state index contributed by atoms with van der Waals surface area (Å²) in [6, 6.07) is 16.5. The highest BCUT2D eigenvalue weighted by Gasteiger charge is 2.36. The minimum absolute atomic E-state index is 0.318. The lowest BCUT2D eigenvalue weighted by Gasteiger charge is -2.26. The maximum absolute atomic E-state index is 13.0. The molecule has 0 aliphatic carbocycles. The zero-order valence-corrected chi connectivity index (χ0v) is 15.0. The Kier molecular flexibility index (Phi) is 5.12. The van der Waals surface area contributed by atoms with E-state index < -0.39 is 24.3 Å². The predicted molar refractivity (Wildman–Crippen MR) is 95.7 cm³/mol. The fourth-order valence-electron chi connectivity index (χ4n) is 1.99. The molecule has 0 saturated carbocycles. The van der Waals surface area contributed by atoms with Gasteiger partial charge in [0.1, 0.15) is 0 Å². The predicted octanol–water partition coefficient (Wildman–Crippen LogP) is 2.52. The molecule has 0 saturated heterocycles. The van der Waals surface area contributed by atoms with E-state index in [0.717, 1.165) is 8.61 Å². The van der Waals surface area contributed by atoms with Crippen molar-refractivity contribution >= 4 is 31.4 Å². The fraction of sp³-hybridized carbons (Fsp3) is 0.125. The maximum Gasteiger partial charge on any atom is 0.280 e. The van der Waals surface area contributed by atoms with E-state index in [1.165, 1.54) is 14.1 Å². The SMILES string of the molecule is C=C(S(=O)(=O)N(C)C)S(=O)(=O)N(c1ccccc1)c1ccccc1. The Hall–Kier alpha value is -2.16. The molecule has 24 heavy (non-hydrogen) atoms. The first-order chi connectivity index (χ1) is 11.2. The van der Waals surface area contributed by atoms with Gasteiger partial charge in [-0.15, -0.1) is 0 Å². The van der Waals surface area contributed by atoms with Gasteiger partial charge in [0.2, 0.25) is 0 Å². The summed E-state index contributed by atoms with van der Waals surface area (Å²) >= 11 is 0. The topological polar surface area (TPSA) is 74.8 Å². The van der Waals surface area contributed by atoms with Crippen molar-refractivity contribution < 1.29 is 16.8 Å². The van der Waals surface area contributed by atoms with Crippen LogP contribution < -0.4 is 4.31 Å². The Morgan fingerprint density at radius 3 is 1.46 bits per heavy atom. The molecule has 2 rings (SSSR count). The van der Waals surface area contributed by atoms with E-state index in [4.69, 9.17) is 0 Å². The highest BCUT2D eigenvalue weighted by molar-refractivity contribution is 8.14. The van der Waals surface area contributed by atoms with Crippen LogP contribution in [0.3, 0.4) is 0 Å². The molecular weight excluding hydrogens is 348 g/mol. The van der Waals surface area contributed by atoms with Gasteiger partial charge in [-0.25, -0.2) is 17.0 Å². The molecule has 0 heterocycles. The molecule has 0 aliphatic heterocycles. The molecule has 0 radical (unpaired) electrons. The number of hydrogen-bond acceptors (Lipinski definition) is 4. The van der Waals surface area contributed by atoms with E-state index in [9.17, 15) is 16.8 Å². The summed E-state index contributed by atoms with van der Waals surface area (Å²) in [5.41, 5.74) is 0.637. The molecule has 2 aromatic carbocycles. The van der Waals surface area contributed by atoms with Crippen LogP contribution in [0.2, 0.25) is 0 Å². The van der Waals surface area contributed by atoms with Crippen molar-refractivity contribution in [3.8, 4) is 0 Å². The van der Waals surface area contributed by atoms with Gasteiger partial charge in [0.25, 0.3) is 20.0 Å². The second-order valence-corrected chi connectivity index (χ2v) is 9.34. The van der Waals surface area contributed by atoms with E-state index in [2.05, 4.69) is 6.58 Å². The van der Waals surface area contributed by atoms with Crippen molar-refractivity contribution in [2.75, 3.05) is 18.4 Å². The number of para-hydroxylation sites is 2. The van der Waals surface area contributed by atoms with E-state index in [1.807, 2.05) is 0 Å². The van der Waals surface area contributed by atoms with E-state index in [-0.39, 0.29) is 0 Å². The van der Waals surface area contributed by atoms with Crippen LogP contribution in [0.1, 0.15) is 0 Å². The smallest absolute Gasteiger partial charge is 0.234 e. The quantitative estimate of drug-likeness (QED) is 0.787. The highest BCUT2D eigenvalue weighted by Crippen LogP contribution is 2.33. The third-order valence-corrected chi connectivity index (χ3v) is 7.56. The molecular formula is C16H18N2O4S2. The lowest BCUT2D eigenvalue weighted by atomic mass is 10.3. The Morgan fingerprint density at radius 2 is 1.12 bits per heavy atom. The average Bonchev–Trinajstić information content (AvgIpc) is 2.56. The molecule has 2 aromatic rings. The standard InChI is InChI=1S/C16H18N2O4S2/c1-14(23(19,20)17(2)3)24(21,22)18(15-10-6-4-7-11-15)16-12-8-5-9-13-16/h4-13H,1H2,2-3H3. The normalized spacial score (nSPS) is 12.1. The maximum atomic E-state index is 13.0. The Bertz CT molecular complexity index is 883. The second-order valence-electron chi connectivity index (χ2n) is 5.10. The van der Waals surface area contributed by atoms with Crippen molar-refractivity contribution in [2.45, 2.75) is 0 Å². The molecule has 128 valence electrons. The minimum Gasteiger partial charge on any atom is -0.234 e.